The molecule has 1 heterocycles. The SMILES string of the molecule is Cc1ccc(-c2nnc(SCC(=O)N/N=C/c3ccc(O)cc3O)n2-c2ccc(Cl)cc2)cc1. The summed E-state index contributed by atoms with van der Waals surface area (Å²) in [5.41, 5.74) is 5.61. The Kier molecular flexibility index (Phi) is 7.15. The summed E-state index contributed by atoms with van der Waals surface area (Å²) >= 11 is 7.27. The van der Waals surface area contributed by atoms with Gasteiger partial charge in [0.1, 0.15) is 11.5 Å². The number of phenolic OH excluding ortho intramolecular Hbond substituents is 2. The lowest BCUT2D eigenvalue weighted by Crippen LogP contribution is -2.20. The van der Waals surface area contributed by atoms with Crippen molar-refractivity contribution in [2.24, 2.45) is 5.10 Å². The van der Waals surface area contributed by atoms with E-state index in [0.717, 1.165) is 16.8 Å². The van der Waals surface area contributed by atoms with Gasteiger partial charge in [-0.3, -0.25) is 9.36 Å². The Morgan fingerprint density at radius 3 is 2.53 bits per heavy atom. The summed E-state index contributed by atoms with van der Waals surface area (Å²) in [5.74, 6) is 0.114. The molecule has 8 nitrogen and oxygen atoms in total. The third kappa shape index (κ3) is 5.56. The minimum atomic E-state index is -0.359. The molecule has 3 aromatic carbocycles. The molecule has 0 saturated heterocycles. The highest BCUT2D eigenvalue weighted by Crippen LogP contribution is 2.29. The largest absolute Gasteiger partial charge is 0.508 e. The van der Waals surface area contributed by atoms with Gasteiger partial charge in [0.2, 0.25) is 0 Å². The predicted molar refractivity (Wildman–Crippen MR) is 133 cm³/mol. The van der Waals surface area contributed by atoms with Crippen LogP contribution in [0, 0.1) is 6.92 Å². The molecule has 4 rings (SSSR count). The second kappa shape index (κ2) is 10.4. The van der Waals surface area contributed by atoms with Crippen molar-refractivity contribution in [3.63, 3.8) is 0 Å². The number of aromatic hydroxyl groups is 2. The van der Waals surface area contributed by atoms with Crippen molar-refractivity contribution >= 4 is 35.5 Å². The molecule has 0 aliphatic carbocycles. The average Bonchev–Trinajstić information content (AvgIpc) is 3.24. The molecular weight excluding hydrogens is 474 g/mol. The lowest BCUT2D eigenvalue weighted by Gasteiger charge is -2.10. The number of benzene rings is 3. The molecule has 0 bridgehead atoms. The highest BCUT2D eigenvalue weighted by Gasteiger charge is 2.17. The Labute approximate surface area is 204 Å². The van der Waals surface area contributed by atoms with Gasteiger partial charge in [-0.15, -0.1) is 10.2 Å². The topological polar surface area (TPSA) is 113 Å². The lowest BCUT2D eigenvalue weighted by atomic mass is 10.1. The van der Waals surface area contributed by atoms with E-state index in [1.807, 2.05) is 47.9 Å². The van der Waals surface area contributed by atoms with Crippen LogP contribution in [0.3, 0.4) is 0 Å². The number of rotatable bonds is 7. The first kappa shape index (κ1) is 23.3. The second-order valence-corrected chi connectivity index (χ2v) is 8.69. The van der Waals surface area contributed by atoms with Crippen LogP contribution in [-0.2, 0) is 4.79 Å². The molecule has 1 aromatic heterocycles. The molecule has 10 heteroatoms. The van der Waals surface area contributed by atoms with Crippen LogP contribution in [0.4, 0.5) is 0 Å². The van der Waals surface area contributed by atoms with Crippen LogP contribution in [0.1, 0.15) is 11.1 Å². The molecule has 0 unspecified atom stereocenters. The van der Waals surface area contributed by atoms with E-state index < -0.39 is 0 Å². The highest BCUT2D eigenvalue weighted by atomic mass is 35.5. The van der Waals surface area contributed by atoms with E-state index in [0.29, 0.717) is 21.6 Å². The van der Waals surface area contributed by atoms with Crippen molar-refractivity contribution in [2.45, 2.75) is 12.1 Å². The Balaban J connectivity index is 1.51. The van der Waals surface area contributed by atoms with Gasteiger partial charge in [-0.05, 0) is 43.3 Å². The van der Waals surface area contributed by atoms with Crippen LogP contribution in [0.15, 0.2) is 77.0 Å². The van der Waals surface area contributed by atoms with Gasteiger partial charge in [0, 0.05) is 27.9 Å². The molecule has 0 saturated carbocycles. The minimum absolute atomic E-state index is 0.0402. The first-order valence-electron chi connectivity index (χ1n) is 10.2. The quantitative estimate of drug-likeness (QED) is 0.198. The maximum atomic E-state index is 12.3. The standard InChI is InChI=1S/C24H20ClN5O3S/c1-15-2-4-16(5-3-15)23-28-29-24(30(23)19-9-7-18(25)8-10-19)34-14-22(33)27-26-13-17-6-11-20(31)12-21(17)32/h2-13,31-32H,14H2,1H3,(H,27,33)/b26-13+. The normalized spacial score (nSPS) is 11.1. The number of hydrogen-bond donors (Lipinski definition) is 3. The van der Waals surface area contributed by atoms with Gasteiger partial charge in [0.25, 0.3) is 5.91 Å². The van der Waals surface area contributed by atoms with Crippen LogP contribution in [-0.4, -0.2) is 42.9 Å². The Hall–Kier alpha value is -3.82. The van der Waals surface area contributed by atoms with Crippen LogP contribution in [0.5, 0.6) is 11.5 Å². The first-order valence-corrected chi connectivity index (χ1v) is 11.5. The number of thioether (sulfide) groups is 1. The molecule has 1 amide bonds. The van der Waals surface area contributed by atoms with Gasteiger partial charge in [-0.1, -0.05) is 53.2 Å². The molecule has 0 radical (unpaired) electrons. The summed E-state index contributed by atoms with van der Waals surface area (Å²) in [6, 6.07) is 19.3. The molecule has 3 N–H and O–H groups in total. The Morgan fingerprint density at radius 1 is 1.09 bits per heavy atom. The number of nitrogens with one attached hydrogen (secondary N) is 1. The first-order chi connectivity index (χ1) is 16.4. The number of carbonyl (C=O) groups is 1. The lowest BCUT2D eigenvalue weighted by molar-refractivity contribution is -0.118. The fraction of sp³-hybridized carbons (Fsp3) is 0.0833. The molecule has 0 atom stereocenters. The number of phenols is 2. The van der Waals surface area contributed by atoms with Crippen molar-refractivity contribution in [1.82, 2.24) is 20.2 Å². The van der Waals surface area contributed by atoms with Crippen molar-refractivity contribution in [1.29, 1.82) is 0 Å². The van der Waals surface area contributed by atoms with Crippen molar-refractivity contribution in [3.05, 3.63) is 82.9 Å². The Bertz CT molecular complexity index is 1340. The van der Waals surface area contributed by atoms with E-state index in [1.165, 1.54) is 36.2 Å². The minimum Gasteiger partial charge on any atom is -0.508 e. The summed E-state index contributed by atoms with van der Waals surface area (Å²) < 4.78 is 1.87. The monoisotopic (exact) mass is 493 g/mol. The van der Waals surface area contributed by atoms with Crippen LogP contribution in [0.25, 0.3) is 17.1 Å². The summed E-state index contributed by atoms with van der Waals surface area (Å²) in [7, 11) is 0. The molecule has 0 aliphatic rings. The number of aryl methyl sites for hydroxylation is 1. The average molecular weight is 494 g/mol. The third-order valence-corrected chi connectivity index (χ3v) is 5.95. The van der Waals surface area contributed by atoms with Gasteiger partial charge in [-0.2, -0.15) is 5.10 Å². The van der Waals surface area contributed by atoms with Gasteiger partial charge in [0.05, 0.1) is 12.0 Å². The highest BCUT2D eigenvalue weighted by molar-refractivity contribution is 7.99. The molecular formula is C24H20ClN5O3S. The summed E-state index contributed by atoms with van der Waals surface area (Å²) in [6.45, 7) is 2.01. The summed E-state index contributed by atoms with van der Waals surface area (Å²) in [5, 5.41) is 32.8. The summed E-state index contributed by atoms with van der Waals surface area (Å²) in [4.78, 5) is 12.3. The predicted octanol–water partition coefficient (Wildman–Crippen LogP) is 4.55. The van der Waals surface area contributed by atoms with E-state index in [9.17, 15) is 15.0 Å². The van der Waals surface area contributed by atoms with E-state index >= 15 is 0 Å². The molecule has 0 aliphatic heterocycles. The molecule has 4 aromatic rings. The zero-order chi connectivity index (χ0) is 24.1. The third-order valence-electron chi connectivity index (χ3n) is 4.77. The van der Waals surface area contributed by atoms with Crippen LogP contribution < -0.4 is 5.43 Å². The number of hydrogen-bond acceptors (Lipinski definition) is 7. The van der Waals surface area contributed by atoms with E-state index in [4.69, 9.17) is 11.6 Å². The fourth-order valence-electron chi connectivity index (χ4n) is 3.05. The number of nitrogens with zero attached hydrogens (tertiary/aromatic N) is 4. The molecule has 0 fully saturated rings. The van der Waals surface area contributed by atoms with E-state index in [1.54, 1.807) is 12.1 Å². The van der Waals surface area contributed by atoms with Crippen molar-refractivity contribution in [2.75, 3.05) is 5.75 Å². The van der Waals surface area contributed by atoms with Crippen LogP contribution in [0.2, 0.25) is 5.02 Å². The van der Waals surface area contributed by atoms with Crippen LogP contribution >= 0.6 is 23.4 Å². The van der Waals surface area contributed by atoms with Gasteiger partial charge < -0.3 is 10.2 Å². The number of carbonyl (C=O) groups excluding carboxylic acids is 1. The number of hydrazone groups is 1. The number of aromatic nitrogens is 3. The van der Waals surface area contributed by atoms with Crippen molar-refractivity contribution in [3.8, 4) is 28.6 Å². The zero-order valence-electron chi connectivity index (χ0n) is 18.0. The molecule has 34 heavy (non-hydrogen) atoms. The van der Waals surface area contributed by atoms with Gasteiger partial charge in [0.15, 0.2) is 11.0 Å². The maximum absolute atomic E-state index is 12.3. The molecule has 0 spiro atoms. The van der Waals surface area contributed by atoms with Gasteiger partial charge >= 0.3 is 0 Å². The maximum Gasteiger partial charge on any atom is 0.250 e. The van der Waals surface area contributed by atoms with E-state index in [2.05, 4.69) is 20.7 Å². The van der Waals surface area contributed by atoms with E-state index in [-0.39, 0.29) is 23.2 Å². The summed E-state index contributed by atoms with van der Waals surface area (Å²) in [6.07, 6.45) is 1.29. The van der Waals surface area contributed by atoms with Crippen molar-refractivity contribution < 1.29 is 15.0 Å². The number of halogens is 1. The zero-order valence-corrected chi connectivity index (χ0v) is 19.6. The second-order valence-electron chi connectivity index (χ2n) is 7.31. The smallest absolute Gasteiger partial charge is 0.250 e. The Morgan fingerprint density at radius 2 is 1.82 bits per heavy atom. The fourth-order valence-corrected chi connectivity index (χ4v) is 3.92. The number of amides is 1. The van der Waals surface area contributed by atoms with Gasteiger partial charge in [-0.25, -0.2) is 5.43 Å². The molecule has 172 valence electrons.